The average molecular weight is 387 g/mol. The number of ketones is 1. The highest BCUT2D eigenvalue weighted by atomic mass is 19.1. The number of nitrogens with zero attached hydrogens (tertiary/aromatic N) is 1. The molecule has 144 valence electrons. The number of hydrogen-bond acceptors (Lipinski definition) is 3. The van der Waals surface area contributed by atoms with Crippen LogP contribution in [0.25, 0.3) is 5.76 Å². The lowest BCUT2D eigenvalue weighted by Gasteiger charge is -2.25. The van der Waals surface area contributed by atoms with Crippen molar-refractivity contribution in [3.63, 3.8) is 0 Å². The second-order valence-electron chi connectivity index (χ2n) is 6.92. The Bertz CT molecular complexity index is 1100. The van der Waals surface area contributed by atoms with Crippen LogP contribution in [0.1, 0.15) is 22.7 Å². The SMILES string of the molecule is Cc1ccc([C@@H]2/C(=C(\O)c3ccccc3)C(=O)C(=O)N2c2ccc(F)cc2)cc1. The van der Waals surface area contributed by atoms with E-state index in [4.69, 9.17) is 0 Å². The molecule has 0 spiro atoms. The smallest absolute Gasteiger partial charge is 0.300 e. The summed E-state index contributed by atoms with van der Waals surface area (Å²) in [6.45, 7) is 1.94. The molecule has 3 aromatic carbocycles. The Morgan fingerprint density at radius 2 is 1.52 bits per heavy atom. The van der Waals surface area contributed by atoms with Gasteiger partial charge in [-0.2, -0.15) is 0 Å². The summed E-state index contributed by atoms with van der Waals surface area (Å²) in [6, 6.07) is 20.6. The van der Waals surface area contributed by atoms with Gasteiger partial charge in [0.05, 0.1) is 11.6 Å². The fraction of sp³-hybridized carbons (Fsp3) is 0.0833. The maximum atomic E-state index is 13.4. The Morgan fingerprint density at radius 3 is 2.14 bits per heavy atom. The molecule has 4 nitrogen and oxygen atoms in total. The fourth-order valence-corrected chi connectivity index (χ4v) is 3.52. The van der Waals surface area contributed by atoms with E-state index in [-0.39, 0.29) is 11.3 Å². The summed E-state index contributed by atoms with van der Waals surface area (Å²) in [5, 5.41) is 10.9. The predicted octanol–water partition coefficient (Wildman–Crippen LogP) is 4.76. The molecule has 0 radical (unpaired) electrons. The third-order valence-electron chi connectivity index (χ3n) is 4.99. The molecule has 5 heteroatoms. The number of aliphatic hydroxyl groups is 1. The maximum absolute atomic E-state index is 13.4. The van der Waals surface area contributed by atoms with Crippen molar-refractivity contribution in [1.29, 1.82) is 0 Å². The van der Waals surface area contributed by atoms with Crippen molar-refractivity contribution in [3.05, 3.63) is 107 Å². The molecule has 0 unspecified atom stereocenters. The van der Waals surface area contributed by atoms with Crippen LogP contribution in [0.4, 0.5) is 10.1 Å². The summed E-state index contributed by atoms with van der Waals surface area (Å²) in [7, 11) is 0. The van der Waals surface area contributed by atoms with Gasteiger partial charge in [0.1, 0.15) is 11.6 Å². The normalized spacial score (nSPS) is 18.3. The minimum Gasteiger partial charge on any atom is -0.507 e. The highest BCUT2D eigenvalue weighted by Gasteiger charge is 2.46. The Labute approximate surface area is 167 Å². The number of anilines is 1. The molecule has 4 rings (SSSR count). The van der Waals surface area contributed by atoms with Gasteiger partial charge in [0.25, 0.3) is 11.7 Å². The first kappa shape index (κ1) is 18.6. The number of halogens is 1. The van der Waals surface area contributed by atoms with Gasteiger partial charge < -0.3 is 5.11 Å². The lowest BCUT2D eigenvalue weighted by molar-refractivity contribution is -0.132. The van der Waals surface area contributed by atoms with Crippen LogP contribution < -0.4 is 4.90 Å². The number of carbonyl (C=O) groups excluding carboxylic acids is 2. The van der Waals surface area contributed by atoms with E-state index in [1.54, 1.807) is 30.3 Å². The quantitative estimate of drug-likeness (QED) is 0.400. The van der Waals surface area contributed by atoms with Crippen LogP contribution in [-0.2, 0) is 9.59 Å². The molecular weight excluding hydrogens is 369 g/mol. The number of hydrogen-bond donors (Lipinski definition) is 1. The van der Waals surface area contributed by atoms with Gasteiger partial charge in [-0.3, -0.25) is 14.5 Å². The van der Waals surface area contributed by atoms with Crippen LogP contribution >= 0.6 is 0 Å². The molecule has 1 amide bonds. The van der Waals surface area contributed by atoms with E-state index in [9.17, 15) is 19.1 Å². The van der Waals surface area contributed by atoms with E-state index in [0.29, 0.717) is 16.8 Å². The summed E-state index contributed by atoms with van der Waals surface area (Å²) < 4.78 is 13.4. The van der Waals surface area contributed by atoms with Gasteiger partial charge in [-0.05, 0) is 36.8 Å². The van der Waals surface area contributed by atoms with Gasteiger partial charge >= 0.3 is 0 Å². The van der Waals surface area contributed by atoms with Gasteiger partial charge in [0, 0.05) is 11.3 Å². The molecule has 0 saturated carbocycles. The zero-order valence-electron chi connectivity index (χ0n) is 15.7. The lowest BCUT2D eigenvalue weighted by atomic mass is 9.94. The van der Waals surface area contributed by atoms with Crippen LogP contribution in [-0.4, -0.2) is 16.8 Å². The van der Waals surface area contributed by atoms with Gasteiger partial charge in [-0.25, -0.2) is 4.39 Å². The number of aryl methyl sites for hydroxylation is 1. The minimum absolute atomic E-state index is 0.00868. The topological polar surface area (TPSA) is 57.6 Å². The highest BCUT2D eigenvalue weighted by molar-refractivity contribution is 6.51. The average Bonchev–Trinajstić information content (AvgIpc) is 3.00. The van der Waals surface area contributed by atoms with E-state index < -0.39 is 23.5 Å². The van der Waals surface area contributed by atoms with Crippen molar-refractivity contribution < 1.29 is 19.1 Å². The first-order valence-electron chi connectivity index (χ1n) is 9.16. The second kappa shape index (κ2) is 7.36. The van der Waals surface area contributed by atoms with Crippen molar-refractivity contribution in [2.45, 2.75) is 13.0 Å². The van der Waals surface area contributed by atoms with Crippen LogP contribution in [0.15, 0.2) is 84.4 Å². The Balaban J connectivity index is 1.94. The van der Waals surface area contributed by atoms with Crippen LogP contribution in [0.5, 0.6) is 0 Å². The molecule has 1 fully saturated rings. The number of carbonyl (C=O) groups is 2. The molecular formula is C24H18FNO3. The molecule has 0 aliphatic carbocycles. The van der Waals surface area contributed by atoms with Crippen LogP contribution in [0, 0.1) is 12.7 Å². The molecule has 1 aliphatic rings. The molecule has 1 heterocycles. The fourth-order valence-electron chi connectivity index (χ4n) is 3.52. The van der Waals surface area contributed by atoms with Gasteiger partial charge in [0.15, 0.2) is 0 Å². The first-order chi connectivity index (χ1) is 14.0. The molecule has 1 N–H and O–H groups in total. The largest absolute Gasteiger partial charge is 0.507 e. The molecule has 0 bridgehead atoms. The van der Waals surface area contributed by atoms with Gasteiger partial charge in [0.2, 0.25) is 0 Å². The van der Waals surface area contributed by atoms with Gasteiger partial charge in [-0.1, -0.05) is 60.2 Å². The van der Waals surface area contributed by atoms with Gasteiger partial charge in [-0.15, -0.1) is 0 Å². The lowest BCUT2D eigenvalue weighted by Crippen LogP contribution is -2.29. The summed E-state index contributed by atoms with van der Waals surface area (Å²) >= 11 is 0. The molecule has 29 heavy (non-hydrogen) atoms. The Kier molecular flexibility index (Phi) is 4.72. The van der Waals surface area contributed by atoms with Crippen LogP contribution in [0.2, 0.25) is 0 Å². The Morgan fingerprint density at radius 1 is 0.897 bits per heavy atom. The summed E-state index contributed by atoms with van der Waals surface area (Å²) in [5.41, 5.74) is 2.54. The molecule has 1 aliphatic heterocycles. The van der Waals surface area contributed by atoms with Crippen molar-refractivity contribution in [2.24, 2.45) is 0 Å². The highest BCUT2D eigenvalue weighted by Crippen LogP contribution is 2.42. The first-order valence-corrected chi connectivity index (χ1v) is 9.16. The minimum atomic E-state index is -0.818. The number of rotatable bonds is 3. The van der Waals surface area contributed by atoms with E-state index in [0.717, 1.165) is 5.56 Å². The van der Waals surface area contributed by atoms with E-state index in [2.05, 4.69) is 0 Å². The van der Waals surface area contributed by atoms with Crippen LogP contribution in [0.3, 0.4) is 0 Å². The summed E-state index contributed by atoms with van der Waals surface area (Å²) in [5.74, 6) is -2.22. The van der Waals surface area contributed by atoms with Crippen molar-refractivity contribution in [2.75, 3.05) is 4.90 Å². The van der Waals surface area contributed by atoms with Crippen molar-refractivity contribution in [1.82, 2.24) is 0 Å². The van der Waals surface area contributed by atoms with E-state index in [1.165, 1.54) is 29.2 Å². The van der Waals surface area contributed by atoms with Crippen molar-refractivity contribution >= 4 is 23.1 Å². The third kappa shape index (κ3) is 3.31. The maximum Gasteiger partial charge on any atom is 0.300 e. The Hall–Kier alpha value is -3.73. The molecule has 3 aromatic rings. The molecule has 1 saturated heterocycles. The van der Waals surface area contributed by atoms with Crippen molar-refractivity contribution in [3.8, 4) is 0 Å². The monoisotopic (exact) mass is 387 g/mol. The zero-order chi connectivity index (χ0) is 20.5. The molecule has 1 atom stereocenters. The van der Waals surface area contributed by atoms with E-state index in [1.807, 2.05) is 31.2 Å². The zero-order valence-corrected chi connectivity index (χ0v) is 15.7. The molecule has 0 aromatic heterocycles. The number of aliphatic hydroxyl groups excluding tert-OH is 1. The third-order valence-corrected chi connectivity index (χ3v) is 4.99. The number of amides is 1. The summed E-state index contributed by atoms with van der Waals surface area (Å²) in [4.78, 5) is 27.2. The number of benzene rings is 3. The summed E-state index contributed by atoms with van der Waals surface area (Å²) in [6.07, 6.45) is 0. The predicted molar refractivity (Wildman–Crippen MR) is 109 cm³/mol. The second-order valence-corrected chi connectivity index (χ2v) is 6.92. The van der Waals surface area contributed by atoms with E-state index >= 15 is 0 Å². The standard InChI is InChI=1S/C24H18FNO3/c1-15-7-9-16(10-8-15)21-20(22(27)17-5-3-2-4-6-17)23(28)24(29)26(21)19-13-11-18(25)12-14-19/h2-14,21,27H,1H3/b22-20+/t21-/m1/s1. The number of Topliss-reactive ketones (excluding diaryl/α,β-unsaturated/α-hetero) is 1.